The van der Waals surface area contributed by atoms with Crippen LogP contribution in [0.1, 0.15) is 22.3 Å². The molecular formula is C22H22. The van der Waals surface area contributed by atoms with Crippen molar-refractivity contribution in [1.82, 2.24) is 0 Å². The van der Waals surface area contributed by atoms with Crippen molar-refractivity contribution in [3.8, 4) is 22.3 Å². The van der Waals surface area contributed by atoms with E-state index >= 15 is 0 Å². The van der Waals surface area contributed by atoms with E-state index in [1.807, 2.05) is 0 Å². The lowest BCUT2D eigenvalue weighted by Crippen LogP contribution is -1.89. The maximum Gasteiger partial charge on any atom is -0.0105 e. The fourth-order valence-corrected chi connectivity index (χ4v) is 3.25. The summed E-state index contributed by atoms with van der Waals surface area (Å²) in [5.74, 6) is 0. The molecule has 3 rings (SSSR count). The summed E-state index contributed by atoms with van der Waals surface area (Å²) in [6.07, 6.45) is 0. The first-order valence-corrected chi connectivity index (χ1v) is 7.79. The van der Waals surface area contributed by atoms with Crippen molar-refractivity contribution in [1.29, 1.82) is 0 Å². The molecule has 0 aromatic heterocycles. The molecular weight excluding hydrogens is 264 g/mol. The minimum Gasteiger partial charge on any atom is -0.0616 e. The molecule has 0 aliphatic heterocycles. The summed E-state index contributed by atoms with van der Waals surface area (Å²) in [4.78, 5) is 0. The topological polar surface area (TPSA) is 0 Å². The Hall–Kier alpha value is -2.34. The quantitative estimate of drug-likeness (QED) is 0.522. The molecule has 0 aliphatic rings. The van der Waals surface area contributed by atoms with E-state index in [9.17, 15) is 0 Å². The van der Waals surface area contributed by atoms with E-state index < -0.39 is 0 Å². The molecule has 0 unspecified atom stereocenters. The Morgan fingerprint density at radius 3 is 1.09 bits per heavy atom. The van der Waals surface area contributed by atoms with Crippen molar-refractivity contribution < 1.29 is 0 Å². The number of rotatable bonds is 2. The van der Waals surface area contributed by atoms with Gasteiger partial charge in [-0.25, -0.2) is 0 Å². The Bertz CT molecular complexity index is 714. The zero-order valence-corrected chi connectivity index (χ0v) is 13.8. The molecule has 0 heterocycles. The second kappa shape index (κ2) is 5.81. The molecule has 22 heavy (non-hydrogen) atoms. The van der Waals surface area contributed by atoms with Gasteiger partial charge in [-0.05, 0) is 49.9 Å². The van der Waals surface area contributed by atoms with Crippen LogP contribution in [0.25, 0.3) is 22.3 Å². The smallest absolute Gasteiger partial charge is 0.0105 e. The molecule has 0 saturated carbocycles. The van der Waals surface area contributed by atoms with Crippen LogP contribution in [0.5, 0.6) is 0 Å². The Morgan fingerprint density at radius 2 is 0.773 bits per heavy atom. The maximum absolute atomic E-state index is 2.27. The van der Waals surface area contributed by atoms with Crippen LogP contribution >= 0.6 is 0 Å². The van der Waals surface area contributed by atoms with Crippen LogP contribution in [0.4, 0.5) is 0 Å². The van der Waals surface area contributed by atoms with Crippen LogP contribution in [0.3, 0.4) is 0 Å². The lowest BCUT2D eigenvalue weighted by molar-refractivity contribution is 1.37. The van der Waals surface area contributed by atoms with Gasteiger partial charge in [0, 0.05) is 0 Å². The van der Waals surface area contributed by atoms with E-state index in [0.29, 0.717) is 0 Å². The standard InChI is InChI=1S/C22H22/c1-15-9-16(2)12-19(11-15)21-7-5-6-8-22(21)20-13-17(3)10-18(4)14-20/h5-14H,1-4H3. The largest absolute Gasteiger partial charge is 0.0616 e. The summed E-state index contributed by atoms with van der Waals surface area (Å²) < 4.78 is 0. The van der Waals surface area contributed by atoms with E-state index in [1.54, 1.807) is 0 Å². The highest BCUT2D eigenvalue weighted by Gasteiger charge is 2.08. The lowest BCUT2D eigenvalue weighted by atomic mass is 9.91. The van der Waals surface area contributed by atoms with Gasteiger partial charge in [0.25, 0.3) is 0 Å². The first-order chi connectivity index (χ1) is 10.5. The molecule has 0 bridgehead atoms. The molecule has 3 aromatic rings. The minimum absolute atomic E-state index is 1.30. The second-order valence-electron chi connectivity index (χ2n) is 6.30. The zero-order chi connectivity index (χ0) is 15.7. The Balaban J connectivity index is 2.22. The van der Waals surface area contributed by atoms with Crippen LogP contribution in [0, 0.1) is 27.7 Å². The Kier molecular flexibility index (Phi) is 3.85. The first kappa shape index (κ1) is 14.6. The minimum atomic E-state index is 1.30. The number of aryl methyl sites for hydroxylation is 4. The summed E-state index contributed by atoms with van der Waals surface area (Å²) in [6.45, 7) is 8.65. The van der Waals surface area contributed by atoms with Gasteiger partial charge in [0.2, 0.25) is 0 Å². The molecule has 0 saturated heterocycles. The van der Waals surface area contributed by atoms with Crippen LogP contribution in [-0.4, -0.2) is 0 Å². The Morgan fingerprint density at radius 1 is 0.455 bits per heavy atom. The highest BCUT2D eigenvalue weighted by atomic mass is 14.1. The number of benzene rings is 3. The third-order valence-corrected chi connectivity index (χ3v) is 3.99. The van der Waals surface area contributed by atoms with E-state index in [-0.39, 0.29) is 0 Å². The normalized spacial score (nSPS) is 10.7. The van der Waals surface area contributed by atoms with Crippen molar-refractivity contribution in [2.24, 2.45) is 0 Å². The summed E-state index contributed by atoms with van der Waals surface area (Å²) in [5, 5.41) is 0. The SMILES string of the molecule is Cc1cc(C)cc(-c2ccccc2-c2cc(C)cc(C)c2)c1. The molecule has 0 spiro atoms. The molecule has 110 valence electrons. The lowest BCUT2D eigenvalue weighted by Gasteiger charge is -2.13. The van der Waals surface area contributed by atoms with E-state index in [2.05, 4.69) is 88.4 Å². The van der Waals surface area contributed by atoms with Crippen LogP contribution in [-0.2, 0) is 0 Å². The fourth-order valence-electron chi connectivity index (χ4n) is 3.25. The summed E-state index contributed by atoms with van der Waals surface area (Å²) in [6, 6.07) is 22.2. The van der Waals surface area contributed by atoms with Gasteiger partial charge in [0.1, 0.15) is 0 Å². The van der Waals surface area contributed by atoms with Crippen LogP contribution in [0.2, 0.25) is 0 Å². The number of hydrogen-bond donors (Lipinski definition) is 0. The van der Waals surface area contributed by atoms with Gasteiger partial charge in [-0.1, -0.05) is 82.9 Å². The summed E-state index contributed by atoms with van der Waals surface area (Å²) >= 11 is 0. The van der Waals surface area contributed by atoms with Crippen LogP contribution in [0.15, 0.2) is 60.7 Å². The molecule has 0 amide bonds. The van der Waals surface area contributed by atoms with Gasteiger partial charge in [-0.2, -0.15) is 0 Å². The van der Waals surface area contributed by atoms with Gasteiger partial charge in [-0.15, -0.1) is 0 Å². The first-order valence-electron chi connectivity index (χ1n) is 7.79. The van der Waals surface area contributed by atoms with Crippen LogP contribution < -0.4 is 0 Å². The molecule has 0 aliphatic carbocycles. The van der Waals surface area contributed by atoms with Crippen molar-refractivity contribution in [3.63, 3.8) is 0 Å². The predicted molar refractivity (Wildman–Crippen MR) is 96.3 cm³/mol. The fraction of sp³-hybridized carbons (Fsp3) is 0.182. The van der Waals surface area contributed by atoms with Gasteiger partial charge >= 0.3 is 0 Å². The maximum atomic E-state index is 2.27. The monoisotopic (exact) mass is 286 g/mol. The van der Waals surface area contributed by atoms with E-state index in [0.717, 1.165) is 0 Å². The second-order valence-corrected chi connectivity index (χ2v) is 6.30. The summed E-state index contributed by atoms with van der Waals surface area (Å²) in [5.41, 5.74) is 10.4. The van der Waals surface area contributed by atoms with Gasteiger partial charge in [-0.3, -0.25) is 0 Å². The molecule has 0 fully saturated rings. The van der Waals surface area contributed by atoms with Crippen molar-refractivity contribution in [3.05, 3.63) is 82.9 Å². The van der Waals surface area contributed by atoms with E-state index in [4.69, 9.17) is 0 Å². The molecule has 0 heteroatoms. The molecule has 0 atom stereocenters. The highest BCUT2D eigenvalue weighted by molar-refractivity contribution is 5.84. The van der Waals surface area contributed by atoms with Gasteiger partial charge in [0.15, 0.2) is 0 Å². The number of hydrogen-bond acceptors (Lipinski definition) is 0. The molecule has 0 nitrogen and oxygen atoms in total. The molecule has 3 aromatic carbocycles. The average Bonchev–Trinajstić information content (AvgIpc) is 2.45. The van der Waals surface area contributed by atoms with Gasteiger partial charge < -0.3 is 0 Å². The molecule has 0 N–H and O–H groups in total. The Labute approximate surface area is 133 Å². The average molecular weight is 286 g/mol. The third kappa shape index (κ3) is 2.96. The zero-order valence-electron chi connectivity index (χ0n) is 13.8. The van der Waals surface area contributed by atoms with E-state index in [1.165, 1.54) is 44.5 Å². The highest BCUT2D eigenvalue weighted by Crippen LogP contribution is 2.33. The van der Waals surface area contributed by atoms with Crippen molar-refractivity contribution in [2.75, 3.05) is 0 Å². The van der Waals surface area contributed by atoms with Crippen molar-refractivity contribution >= 4 is 0 Å². The molecule has 0 radical (unpaired) electrons. The third-order valence-electron chi connectivity index (χ3n) is 3.99. The van der Waals surface area contributed by atoms with Gasteiger partial charge in [0.05, 0.1) is 0 Å². The van der Waals surface area contributed by atoms with Crippen molar-refractivity contribution in [2.45, 2.75) is 27.7 Å². The predicted octanol–water partition coefficient (Wildman–Crippen LogP) is 6.25. The summed E-state index contributed by atoms with van der Waals surface area (Å²) in [7, 11) is 0.